The van der Waals surface area contributed by atoms with E-state index >= 15 is 0 Å². The number of aromatic carboxylic acids is 2. The number of rotatable bonds is 6. The van der Waals surface area contributed by atoms with Gasteiger partial charge in [-0.15, -0.1) is 0 Å². The predicted molar refractivity (Wildman–Crippen MR) is 190 cm³/mol. The Morgan fingerprint density at radius 3 is 1.41 bits per heavy atom. The van der Waals surface area contributed by atoms with Crippen LogP contribution in [0.2, 0.25) is 0 Å². The second-order valence-electron chi connectivity index (χ2n) is 11.8. The third kappa shape index (κ3) is 8.16. The van der Waals surface area contributed by atoms with Gasteiger partial charge in [-0.1, -0.05) is 84.9 Å². The van der Waals surface area contributed by atoms with E-state index in [1.165, 1.54) is 50.9 Å². The first-order valence-corrected chi connectivity index (χ1v) is 16.2. The van der Waals surface area contributed by atoms with Crippen molar-refractivity contribution in [2.24, 2.45) is 9.98 Å². The van der Waals surface area contributed by atoms with Crippen molar-refractivity contribution >= 4 is 45.3 Å². The monoisotopic (exact) mass is 766 g/mol. The smallest absolute Gasteiger partial charge is 0.354 e. The molecule has 10 nitrogen and oxygen atoms in total. The molecule has 6 aromatic rings. The summed E-state index contributed by atoms with van der Waals surface area (Å²) in [5, 5.41) is 21.8. The Morgan fingerprint density at radius 1 is 0.529 bits per heavy atom. The maximum absolute atomic E-state index is 10.3. The molecule has 0 bridgehead atoms. The van der Waals surface area contributed by atoms with E-state index in [4.69, 9.17) is 34.7 Å². The van der Waals surface area contributed by atoms with Crippen molar-refractivity contribution in [1.82, 2.24) is 9.97 Å². The molecule has 2 aliphatic rings. The van der Waals surface area contributed by atoms with Gasteiger partial charge in [-0.25, -0.2) is 29.5 Å². The van der Waals surface area contributed by atoms with E-state index in [1.54, 1.807) is 0 Å². The molecule has 0 unspecified atom stereocenters. The first-order chi connectivity index (χ1) is 24.4. The van der Waals surface area contributed by atoms with E-state index in [0.717, 1.165) is 12.8 Å². The van der Waals surface area contributed by atoms with Crippen LogP contribution in [0.4, 0.5) is 0 Å². The van der Waals surface area contributed by atoms with Crippen molar-refractivity contribution in [2.45, 2.75) is 24.9 Å². The molecule has 11 heteroatoms. The Labute approximate surface area is 306 Å². The molecule has 2 aliphatic heterocycles. The molecule has 4 heterocycles. The first-order valence-electron chi connectivity index (χ1n) is 16.2. The number of fused-ring (bicyclic) bond motifs is 2. The van der Waals surface area contributed by atoms with Crippen LogP contribution in [0.15, 0.2) is 131 Å². The molecule has 0 spiro atoms. The summed E-state index contributed by atoms with van der Waals surface area (Å²) in [5.41, 5.74) is 3.25. The summed E-state index contributed by atoms with van der Waals surface area (Å²) in [6.07, 6.45) is 1.68. The molecule has 2 N–H and O–H groups in total. The van der Waals surface area contributed by atoms with E-state index in [9.17, 15) is 9.59 Å². The zero-order valence-electron chi connectivity index (χ0n) is 27.2. The van der Waals surface area contributed by atoms with Gasteiger partial charge in [0, 0.05) is 32.3 Å². The Balaban J connectivity index is 0.000000295. The van der Waals surface area contributed by atoms with E-state index < -0.39 is 11.9 Å². The van der Waals surface area contributed by atoms with Crippen LogP contribution in [0.5, 0.6) is 0 Å². The quantitative estimate of drug-likeness (QED) is 0.165. The third-order valence-corrected chi connectivity index (χ3v) is 8.50. The Bertz CT molecular complexity index is 2140. The molecule has 0 amide bonds. The zero-order valence-corrected chi connectivity index (χ0v) is 28.9. The Morgan fingerprint density at radius 2 is 0.961 bits per heavy atom. The molecule has 0 aliphatic carbocycles. The summed E-state index contributed by atoms with van der Waals surface area (Å²) < 4.78 is 12.0. The number of ether oxygens (including phenoxy) is 2. The van der Waals surface area contributed by atoms with Gasteiger partial charge < -0.3 is 19.7 Å². The van der Waals surface area contributed by atoms with Gasteiger partial charge in [0.05, 0.1) is 25.3 Å². The largest absolute Gasteiger partial charge is 0.477 e. The van der Waals surface area contributed by atoms with Gasteiger partial charge in [-0.2, -0.15) is 0 Å². The maximum atomic E-state index is 10.3. The minimum atomic E-state index is -1.24. The molecule has 51 heavy (non-hydrogen) atoms. The van der Waals surface area contributed by atoms with Crippen LogP contribution in [-0.2, 0) is 29.0 Å². The van der Waals surface area contributed by atoms with Gasteiger partial charge in [-0.05, 0) is 69.1 Å². The van der Waals surface area contributed by atoms with Gasteiger partial charge in [0.25, 0.3) is 0 Å². The number of aliphatic imine (C=N–C) groups is 2. The zero-order chi connectivity index (χ0) is 34.5. The normalized spacial score (nSPS) is 16.6. The topological polar surface area (TPSA) is 144 Å². The minimum absolute atomic E-state index is 0. The summed E-state index contributed by atoms with van der Waals surface area (Å²) in [4.78, 5) is 38.8. The van der Waals surface area contributed by atoms with Crippen molar-refractivity contribution in [3.8, 4) is 0 Å². The van der Waals surface area contributed by atoms with Gasteiger partial charge in [0.1, 0.15) is 22.8 Å². The fraction of sp³-hybridized carbons (Fsp3) is 0.150. The standard InChI is InChI=1S/C33H27N3O2.C7H5NO4.Ru/c1-3-8-24-20-26(14-12-22(24)6-1)28-16-18-37-32(35-28)30-10-5-11-31(34-30)33-36-29(17-19-38-33)27-15-13-23-7-2-4-9-25(23)21-27;9-6(10)4-2-1-3-5(8-4)7(11)12;/h1-15,20-21,28-29H,16-19H2;1-3H,(H,9,10)(H,11,12);/t28-,29-;;/m1../s1. The van der Waals surface area contributed by atoms with Crippen molar-refractivity contribution in [1.29, 1.82) is 0 Å². The van der Waals surface area contributed by atoms with Crippen molar-refractivity contribution in [2.75, 3.05) is 13.2 Å². The molecule has 2 atom stereocenters. The average Bonchev–Trinajstić information content (AvgIpc) is 3.18. The molecule has 0 radical (unpaired) electrons. The number of carboxylic acid groups (broad SMARTS) is 2. The molecule has 256 valence electrons. The molecular formula is C40H32N4O6Ru. The minimum Gasteiger partial charge on any atom is -0.477 e. The van der Waals surface area contributed by atoms with Crippen LogP contribution in [0.3, 0.4) is 0 Å². The second-order valence-corrected chi connectivity index (χ2v) is 11.8. The van der Waals surface area contributed by atoms with Gasteiger partial charge in [0.15, 0.2) is 0 Å². The first kappa shape index (κ1) is 35.0. The van der Waals surface area contributed by atoms with Gasteiger partial charge in [0.2, 0.25) is 11.8 Å². The Kier molecular flexibility index (Phi) is 10.9. The van der Waals surface area contributed by atoms with E-state index in [2.05, 4.69) is 89.9 Å². The summed E-state index contributed by atoms with van der Waals surface area (Å²) >= 11 is 0. The number of hydrogen-bond donors (Lipinski definition) is 2. The number of benzene rings is 4. The molecule has 4 aromatic carbocycles. The summed E-state index contributed by atoms with van der Waals surface area (Å²) in [6.45, 7) is 1.20. The van der Waals surface area contributed by atoms with Crippen molar-refractivity contribution in [3.63, 3.8) is 0 Å². The number of aromatic nitrogens is 2. The van der Waals surface area contributed by atoms with Gasteiger partial charge >= 0.3 is 11.9 Å². The van der Waals surface area contributed by atoms with Crippen LogP contribution in [0.1, 0.15) is 68.4 Å². The molecule has 8 rings (SSSR count). The number of pyridine rings is 2. The fourth-order valence-corrected chi connectivity index (χ4v) is 5.96. The van der Waals surface area contributed by atoms with Crippen LogP contribution in [-0.4, -0.2) is 57.1 Å². The van der Waals surface area contributed by atoms with Gasteiger partial charge in [-0.3, -0.25) is 0 Å². The molecule has 0 fully saturated rings. The Hall–Kier alpha value is -5.80. The summed E-state index contributed by atoms with van der Waals surface area (Å²) in [5.74, 6) is -1.34. The number of hydrogen-bond acceptors (Lipinski definition) is 8. The van der Waals surface area contributed by atoms with E-state index in [1.807, 2.05) is 18.2 Å². The van der Waals surface area contributed by atoms with Crippen molar-refractivity contribution in [3.05, 3.63) is 155 Å². The number of nitrogens with zero attached hydrogens (tertiary/aromatic N) is 4. The maximum Gasteiger partial charge on any atom is 0.354 e. The van der Waals surface area contributed by atoms with Crippen molar-refractivity contribution < 1.29 is 48.8 Å². The van der Waals surface area contributed by atoms with Crippen LogP contribution in [0, 0.1) is 0 Å². The number of carbonyl (C=O) groups is 2. The molecule has 2 aromatic heterocycles. The SMILES string of the molecule is O=C(O)c1cccc(C(=O)O)n1.[Ru].c1cc(C2=N[C@@H](c3ccc4ccccc4c3)CCO2)nc(C2=N[C@@H](c3ccc4ccccc4c3)CCO2)c1. The number of carboxylic acids is 2. The van der Waals surface area contributed by atoms with E-state index in [0.29, 0.717) is 36.4 Å². The second kappa shape index (κ2) is 15.8. The summed E-state index contributed by atoms with van der Waals surface area (Å²) in [7, 11) is 0. The third-order valence-electron chi connectivity index (χ3n) is 8.50. The fourth-order valence-electron chi connectivity index (χ4n) is 5.96. The molecule has 0 saturated carbocycles. The predicted octanol–water partition coefficient (Wildman–Crippen LogP) is 7.68. The molecular weight excluding hydrogens is 734 g/mol. The summed E-state index contributed by atoms with van der Waals surface area (Å²) in [6, 6.07) is 39.7. The van der Waals surface area contributed by atoms with Crippen LogP contribution >= 0.6 is 0 Å². The van der Waals surface area contributed by atoms with Crippen LogP contribution < -0.4 is 0 Å². The average molecular weight is 766 g/mol. The van der Waals surface area contributed by atoms with E-state index in [-0.39, 0.29) is 42.9 Å². The van der Waals surface area contributed by atoms with Crippen LogP contribution in [0.25, 0.3) is 21.5 Å². The molecule has 0 saturated heterocycles.